The summed E-state index contributed by atoms with van der Waals surface area (Å²) in [6, 6.07) is 11.8. The van der Waals surface area contributed by atoms with Gasteiger partial charge in [-0.25, -0.2) is 5.43 Å². The van der Waals surface area contributed by atoms with Crippen molar-refractivity contribution < 1.29 is 46.9 Å². The first-order valence-electron chi connectivity index (χ1n) is 12.4. The number of nitrogens with one attached hydrogen (secondary N) is 2. The van der Waals surface area contributed by atoms with E-state index in [1.54, 1.807) is 0 Å². The molecule has 0 saturated heterocycles. The van der Waals surface area contributed by atoms with Gasteiger partial charge in [0.2, 0.25) is 5.78 Å². The number of hydrogen-bond donors (Lipinski definition) is 3. The van der Waals surface area contributed by atoms with Crippen LogP contribution in [0.4, 0.5) is 18.9 Å². The summed E-state index contributed by atoms with van der Waals surface area (Å²) in [5.74, 6) is -3.56. The molecule has 0 unspecified atom stereocenters. The molecule has 0 aliphatic rings. The highest BCUT2D eigenvalue weighted by Gasteiger charge is 2.35. The van der Waals surface area contributed by atoms with Crippen molar-refractivity contribution in [2.24, 2.45) is 5.10 Å². The number of nitrogens with zero attached hydrogens (tertiary/aromatic N) is 3. The van der Waals surface area contributed by atoms with Gasteiger partial charge in [0.1, 0.15) is 17.2 Å². The number of para-hydroxylation sites is 1. The molecule has 0 radical (unpaired) electrons. The fraction of sp³-hybridized carbons (Fsp3) is 0.143. The number of methoxy groups -OCH3 is 1. The second-order valence-corrected chi connectivity index (χ2v) is 9.55. The van der Waals surface area contributed by atoms with Gasteiger partial charge in [-0.2, -0.15) is 27.7 Å². The van der Waals surface area contributed by atoms with Crippen LogP contribution >= 0.6 is 11.6 Å². The molecule has 3 N–H and O–H groups in total. The number of carbonyl (C=O) groups is 3. The van der Waals surface area contributed by atoms with Crippen molar-refractivity contribution >= 4 is 51.6 Å². The summed E-state index contributed by atoms with van der Waals surface area (Å²) < 4.78 is 45.6. The zero-order valence-electron chi connectivity index (χ0n) is 22.7. The molecule has 2 amide bonds. The fourth-order valence-electron chi connectivity index (χ4n) is 4.10. The molecule has 0 atom stereocenters. The summed E-state index contributed by atoms with van der Waals surface area (Å²) in [4.78, 5) is 39.2. The van der Waals surface area contributed by atoms with Crippen LogP contribution in [-0.4, -0.2) is 35.5 Å². The molecule has 0 spiro atoms. The van der Waals surface area contributed by atoms with Crippen LogP contribution in [-0.2, 0) is 11.0 Å². The number of benzene rings is 3. The van der Waals surface area contributed by atoms with Gasteiger partial charge in [0.15, 0.2) is 0 Å². The van der Waals surface area contributed by atoms with Crippen molar-refractivity contribution in [3.8, 4) is 11.5 Å². The number of ether oxygens (including phenoxy) is 1. The quantitative estimate of drug-likeness (QED) is 0.0873. The lowest BCUT2D eigenvalue weighted by atomic mass is 10.1. The number of alkyl halides is 3. The standard InChI is InChI=1S/C28H21ClF3N5O7/c1-14-25(37(43)22-12-16(44-2)8-10-21(22)36(14)42)24(39)13-20(34-35-26(40)17-5-3-4-6-23(17)38)27(41)33-15-7-9-19(29)18(11-15)28(30,31)32/h3-12,38H,13H2,1-2H3,(H,33,41)(H,35,40)/b34-20-. The number of carbonyl (C=O) groups excluding carboxylic acids is 3. The molecule has 228 valence electrons. The number of fused-ring (bicyclic) bond motifs is 1. The van der Waals surface area contributed by atoms with E-state index in [2.05, 4.69) is 10.4 Å². The van der Waals surface area contributed by atoms with E-state index in [9.17, 15) is 43.1 Å². The zero-order valence-corrected chi connectivity index (χ0v) is 23.5. The van der Waals surface area contributed by atoms with Gasteiger partial charge in [0, 0.05) is 18.7 Å². The Balaban J connectivity index is 1.73. The normalized spacial score (nSPS) is 11.7. The summed E-state index contributed by atoms with van der Waals surface area (Å²) in [6.07, 6.45) is -5.85. The molecule has 16 heteroatoms. The summed E-state index contributed by atoms with van der Waals surface area (Å²) in [7, 11) is 1.32. The van der Waals surface area contributed by atoms with Gasteiger partial charge < -0.3 is 25.6 Å². The Morgan fingerprint density at radius 1 is 1.02 bits per heavy atom. The Morgan fingerprint density at radius 3 is 2.39 bits per heavy atom. The summed E-state index contributed by atoms with van der Waals surface area (Å²) >= 11 is 5.64. The highest BCUT2D eigenvalue weighted by atomic mass is 35.5. The van der Waals surface area contributed by atoms with E-state index in [1.165, 1.54) is 56.5 Å². The highest BCUT2D eigenvalue weighted by Crippen LogP contribution is 2.36. The third-order valence-corrected chi connectivity index (χ3v) is 6.63. The number of amides is 2. The van der Waals surface area contributed by atoms with Crippen molar-refractivity contribution in [3.05, 3.63) is 98.6 Å². The van der Waals surface area contributed by atoms with Crippen molar-refractivity contribution in [1.29, 1.82) is 0 Å². The number of aromatic nitrogens is 2. The molecule has 4 aromatic rings. The van der Waals surface area contributed by atoms with Crippen LogP contribution in [0.3, 0.4) is 0 Å². The van der Waals surface area contributed by atoms with Gasteiger partial charge in [-0.05, 0) is 36.4 Å². The van der Waals surface area contributed by atoms with Gasteiger partial charge in [0.05, 0.1) is 35.7 Å². The van der Waals surface area contributed by atoms with Crippen molar-refractivity contribution in [1.82, 2.24) is 5.43 Å². The maximum absolute atomic E-state index is 13.4. The Kier molecular flexibility index (Phi) is 8.90. The predicted octanol–water partition coefficient (Wildman–Crippen LogP) is 3.80. The SMILES string of the molecule is COc1ccc2c(c1)[n+]([O-])c(C(=O)C/C(=N/NC(=O)c1ccccc1O)C(=O)Nc1ccc(Cl)c(C(F)(F)F)c1)c(C)[n+]2[O-]. The lowest BCUT2D eigenvalue weighted by Gasteiger charge is -2.13. The summed E-state index contributed by atoms with van der Waals surface area (Å²) in [5.41, 5.74) is -1.96. The predicted molar refractivity (Wildman–Crippen MR) is 150 cm³/mol. The number of ketones is 1. The molecule has 3 aromatic carbocycles. The molecule has 0 fully saturated rings. The van der Waals surface area contributed by atoms with Crippen LogP contribution in [0.25, 0.3) is 11.0 Å². The van der Waals surface area contributed by atoms with Crippen LogP contribution in [0.15, 0.2) is 65.8 Å². The minimum Gasteiger partial charge on any atom is -0.618 e. The largest absolute Gasteiger partial charge is 0.618 e. The van der Waals surface area contributed by atoms with E-state index >= 15 is 0 Å². The monoisotopic (exact) mass is 631 g/mol. The zero-order chi connectivity index (χ0) is 32.3. The second kappa shape index (κ2) is 12.4. The minimum absolute atomic E-state index is 0.0837. The number of hydrazone groups is 1. The molecule has 1 heterocycles. The van der Waals surface area contributed by atoms with Crippen molar-refractivity contribution in [3.63, 3.8) is 0 Å². The number of rotatable bonds is 8. The molecule has 44 heavy (non-hydrogen) atoms. The first-order chi connectivity index (χ1) is 20.7. The molecule has 0 bridgehead atoms. The average molecular weight is 632 g/mol. The highest BCUT2D eigenvalue weighted by molar-refractivity contribution is 6.46. The first kappa shape index (κ1) is 31.5. The number of hydrogen-bond acceptors (Lipinski definition) is 8. The van der Waals surface area contributed by atoms with Crippen molar-refractivity contribution in [2.75, 3.05) is 12.4 Å². The Bertz CT molecular complexity index is 1850. The van der Waals surface area contributed by atoms with Crippen LogP contribution < -0.4 is 24.9 Å². The fourth-order valence-corrected chi connectivity index (χ4v) is 4.32. The average Bonchev–Trinajstić information content (AvgIpc) is 2.98. The van der Waals surface area contributed by atoms with Gasteiger partial charge in [-0.1, -0.05) is 23.7 Å². The van der Waals surface area contributed by atoms with E-state index in [4.69, 9.17) is 16.3 Å². The molecule has 1 aromatic heterocycles. The number of Topliss-reactive ketones (excluding diaryl/α,β-unsaturated/α-hetero) is 1. The van der Waals surface area contributed by atoms with Crippen LogP contribution in [0.1, 0.15) is 38.5 Å². The minimum atomic E-state index is -4.86. The Hall–Kier alpha value is -5.44. The first-order valence-corrected chi connectivity index (χ1v) is 12.8. The summed E-state index contributed by atoms with van der Waals surface area (Å²) in [5, 5.41) is 41.3. The molecule has 0 aliphatic heterocycles. The van der Waals surface area contributed by atoms with E-state index in [-0.39, 0.29) is 38.5 Å². The topological polar surface area (TPSA) is 171 Å². The molecular weight excluding hydrogens is 611 g/mol. The number of aromatic hydroxyl groups is 1. The molecular formula is C28H21ClF3N5O7. The van der Waals surface area contributed by atoms with Gasteiger partial charge in [-0.3, -0.25) is 14.4 Å². The van der Waals surface area contributed by atoms with Gasteiger partial charge >= 0.3 is 11.9 Å². The van der Waals surface area contributed by atoms with E-state index in [0.29, 0.717) is 10.8 Å². The molecule has 12 nitrogen and oxygen atoms in total. The van der Waals surface area contributed by atoms with Gasteiger partial charge in [-0.15, -0.1) is 0 Å². The smallest absolute Gasteiger partial charge is 0.417 e. The third kappa shape index (κ3) is 6.47. The molecule has 0 aliphatic carbocycles. The number of halogens is 4. The molecule has 0 saturated carbocycles. The van der Waals surface area contributed by atoms with E-state index in [0.717, 1.165) is 12.1 Å². The van der Waals surface area contributed by atoms with E-state index in [1.807, 2.05) is 5.43 Å². The van der Waals surface area contributed by atoms with Crippen LogP contribution in [0, 0.1) is 17.3 Å². The lowest BCUT2D eigenvalue weighted by molar-refractivity contribution is -0.635. The maximum Gasteiger partial charge on any atom is 0.417 e. The lowest BCUT2D eigenvalue weighted by Crippen LogP contribution is -2.47. The Morgan fingerprint density at radius 2 is 1.73 bits per heavy atom. The summed E-state index contributed by atoms with van der Waals surface area (Å²) in [6.45, 7) is 1.20. The van der Waals surface area contributed by atoms with Crippen LogP contribution in [0.5, 0.6) is 11.5 Å². The number of phenols is 1. The van der Waals surface area contributed by atoms with Crippen LogP contribution in [0.2, 0.25) is 5.02 Å². The van der Waals surface area contributed by atoms with Gasteiger partial charge in [0.25, 0.3) is 28.5 Å². The second-order valence-electron chi connectivity index (χ2n) is 9.14. The number of anilines is 1. The molecule has 4 rings (SSSR count). The van der Waals surface area contributed by atoms with E-state index < -0.39 is 57.9 Å². The maximum atomic E-state index is 13.4. The van der Waals surface area contributed by atoms with Crippen molar-refractivity contribution in [2.45, 2.75) is 19.5 Å². The Labute approximate surface area is 251 Å². The number of phenolic OH excluding ortho intramolecular Hbond substituents is 1. The third-order valence-electron chi connectivity index (χ3n) is 6.30.